The molecule has 2 aliphatic rings. The second-order valence-electron chi connectivity index (χ2n) is 9.04. The molecule has 8 nitrogen and oxygen atoms in total. The van der Waals surface area contributed by atoms with Gasteiger partial charge < -0.3 is 19.7 Å². The summed E-state index contributed by atoms with van der Waals surface area (Å²) in [5.41, 5.74) is 3.18. The summed E-state index contributed by atoms with van der Waals surface area (Å²) < 4.78 is 12.0. The summed E-state index contributed by atoms with van der Waals surface area (Å²) in [6, 6.07) is 20.2. The molecule has 0 atom stereocenters. The Kier molecular flexibility index (Phi) is 9.11. The van der Waals surface area contributed by atoms with E-state index in [9.17, 15) is 14.4 Å². The highest BCUT2D eigenvalue weighted by Crippen LogP contribution is 2.34. The molecule has 0 saturated carbocycles. The molecule has 3 amide bonds. The maximum atomic E-state index is 13.0. The minimum atomic E-state index is -0.509. The SMILES string of the molecule is O=C(CN1C(=O)S/C(=C/c2ccc(OCc3ccc(Cl)cc3)c(Br)c2)C1=O)Nc1ccccc1N1CCOCC1. The highest BCUT2D eigenvalue weighted by Gasteiger charge is 2.36. The fourth-order valence-electron chi connectivity index (χ4n) is 4.25. The van der Waals surface area contributed by atoms with E-state index < -0.39 is 17.1 Å². The third kappa shape index (κ3) is 6.87. The lowest BCUT2D eigenvalue weighted by Gasteiger charge is -2.30. The Bertz CT molecular complexity index is 1460. The van der Waals surface area contributed by atoms with Gasteiger partial charge in [-0.2, -0.15) is 0 Å². The van der Waals surface area contributed by atoms with Gasteiger partial charge in [-0.15, -0.1) is 0 Å². The summed E-state index contributed by atoms with van der Waals surface area (Å²) >= 11 is 10.3. The van der Waals surface area contributed by atoms with Crippen LogP contribution in [0.5, 0.6) is 5.75 Å². The zero-order chi connectivity index (χ0) is 28.1. The molecular formula is C29H25BrClN3O5S. The Hall–Kier alpha value is -3.31. The summed E-state index contributed by atoms with van der Waals surface area (Å²) in [4.78, 5) is 41.9. The molecular weight excluding hydrogens is 618 g/mol. The van der Waals surface area contributed by atoms with Crippen LogP contribution in [0.1, 0.15) is 11.1 Å². The van der Waals surface area contributed by atoms with Crippen LogP contribution in [-0.2, 0) is 20.9 Å². The van der Waals surface area contributed by atoms with Gasteiger partial charge in [-0.25, -0.2) is 0 Å². The van der Waals surface area contributed by atoms with Gasteiger partial charge in [-0.05, 0) is 81.3 Å². The summed E-state index contributed by atoms with van der Waals surface area (Å²) in [6.45, 7) is 2.65. The van der Waals surface area contributed by atoms with Crippen molar-refractivity contribution >= 4 is 73.8 Å². The predicted molar refractivity (Wildman–Crippen MR) is 161 cm³/mol. The molecule has 11 heteroatoms. The van der Waals surface area contributed by atoms with E-state index in [1.54, 1.807) is 42.5 Å². The highest BCUT2D eigenvalue weighted by molar-refractivity contribution is 9.10. The molecule has 0 spiro atoms. The number of hydrogen-bond donors (Lipinski definition) is 1. The standard InChI is InChI=1S/C29H25BrClN3O5S/c30-22-15-20(7-10-25(22)39-18-19-5-8-21(31)9-6-19)16-26-28(36)34(29(37)40-26)17-27(35)32-23-3-1-2-4-24(23)33-11-13-38-14-12-33/h1-10,15-16H,11-14,17-18H2,(H,32,35)/b26-16+. The van der Waals surface area contributed by atoms with Crippen molar-refractivity contribution < 1.29 is 23.9 Å². The number of ether oxygens (including phenoxy) is 2. The molecule has 0 aliphatic carbocycles. The van der Waals surface area contributed by atoms with E-state index >= 15 is 0 Å². The van der Waals surface area contributed by atoms with Crippen molar-refractivity contribution in [1.82, 2.24) is 4.90 Å². The average Bonchev–Trinajstić information content (AvgIpc) is 3.21. The van der Waals surface area contributed by atoms with Crippen molar-refractivity contribution in [2.24, 2.45) is 0 Å². The van der Waals surface area contributed by atoms with Crippen LogP contribution in [0.4, 0.5) is 16.2 Å². The molecule has 2 heterocycles. The zero-order valence-corrected chi connectivity index (χ0v) is 24.4. The van der Waals surface area contributed by atoms with Gasteiger partial charge in [-0.1, -0.05) is 41.9 Å². The van der Waals surface area contributed by atoms with E-state index in [0.717, 1.165) is 27.9 Å². The largest absolute Gasteiger partial charge is 0.488 e. The number of amides is 3. The Morgan fingerprint density at radius 2 is 1.82 bits per heavy atom. The minimum absolute atomic E-state index is 0.244. The van der Waals surface area contributed by atoms with Crippen molar-refractivity contribution in [3.05, 3.63) is 92.3 Å². The smallest absolute Gasteiger partial charge is 0.294 e. The molecule has 206 valence electrons. The number of benzene rings is 3. The summed E-state index contributed by atoms with van der Waals surface area (Å²) in [5.74, 6) is -0.325. The molecule has 0 unspecified atom stereocenters. The first-order chi connectivity index (χ1) is 19.4. The fourth-order valence-corrected chi connectivity index (χ4v) is 5.72. The fraction of sp³-hybridized carbons (Fsp3) is 0.207. The van der Waals surface area contributed by atoms with Gasteiger partial charge in [0.2, 0.25) is 5.91 Å². The minimum Gasteiger partial charge on any atom is -0.488 e. The van der Waals surface area contributed by atoms with Crippen molar-refractivity contribution in [3.63, 3.8) is 0 Å². The number of anilines is 2. The monoisotopic (exact) mass is 641 g/mol. The quantitative estimate of drug-likeness (QED) is 0.293. The topological polar surface area (TPSA) is 88.2 Å². The van der Waals surface area contributed by atoms with E-state index in [1.165, 1.54) is 0 Å². The number of para-hydroxylation sites is 2. The number of imide groups is 1. The molecule has 2 aliphatic heterocycles. The van der Waals surface area contributed by atoms with Gasteiger partial charge in [-0.3, -0.25) is 19.3 Å². The van der Waals surface area contributed by atoms with E-state index in [1.807, 2.05) is 30.3 Å². The normalized spacial score (nSPS) is 16.5. The van der Waals surface area contributed by atoms with Gasteiger partial charge in [0.1, 0.15) is 18.9 Å². The van der Waals surface area contributed by atoms with Gasteiger partial charge in [0.05, 0.1) is 34.0 Å². The van der Waals surface area contributed by atoms with Crippen LogP contribution in [-0.4, -0.2) is 54.8 Å². The summed E-state index contributed by atoms with van der Waals surface area (Å²) in [7, 11) is 0. The van der Waals surface area contributed by atoms with Gasteiger partial charge in [0.15, 0.2) is 0 Å². The third-order valence-electron chi connectivity index (χ3n) is 6.27. The Morgan fingerprint density at radius 3 is 2.58 bits per heavy atom. The number of morpholine rings is 1. The van der Waals surface area contributed by atoms with Crippen LogP contribution in [0.25, 0.3) is 6.08 Å². The van der Waals surface area contributed by atoms with Gasteiger partial charge >= 0.3 is 0 Å². The molecule has 3 aromatic carbocycles. The average molecular weight is 643 g/mol. The first-order valence-corrected chi connectivity index (χ1v) is 14.5. The number of carbonyl (C=O) groups excluding carboxylic acids is 3. The van der Waals surface area contributed by atoms with E-state index in [-0.39, 0.29) is 11.4 Å². The van der Waals surface area contributed by atoms with Crippen LogP contribution >= 0.6 is 39.3 Å². The number of rotatable bonds is 8. The maximum Gasteiger partial charge on any atom is 0.294 e. The number of thioether (sulfide) groups is 1. The van der Waals surface area contributed by atoms with Crippen LogP contribution in [0.3, 0.4) is 0 Å². The molecule has 2 saturated heterocycles. The van der Waals surface area contributed by atoms with Crippen LogP contribution in [0.2, 0.25) is 5.02 Å². The zero-order valence-electron chi connectivity index (χ0n) is 21.3. The van der Waals surface area contributed by atoms with Crippen molar-refractivity contribution in [1.29, 1.82) is 0 Å². The lowest BCUT2D eigenvalue weighted by molar-refractivity contribution is -0.127. The van der Waals surface area contributed by atoms with Crippen molar-refractivity contribution in [3.8, 4) is 5.75 Å². The summed E-state index contributed by atoms with van der Waals surface area (Å²) in [6.07, 6.45) is 1.63. The number of hydrogen-bond acceptors (Lipinski definition) is 7. The maximum absolute atomic E-state index is 13.0. The lowest BCUT2D eigenvalue weighted by atomic mass is 10.2. The Morgan fingerprint density at radius 1 is 1.07 bits per heavy atom. The first kappa shape index (κ1) is 28.2. The van der Waals surface area contributed by atoms with E-state index in [4.69, 9.17) is 21.1 Å². The van der Waals surface area contributed by atoms with E-state index in [2.05, 4.69) is 26.1 Å². The van der Waals surface area contributed by atoms with Crippen LogP contribution < -0.4 is 15.0 Å². The van der Waals surface area contributed by atoms with Gasteiger partial charge in [0.25, 0.3) is 11.1 Å². The highest BCUT2D eigenvalue weighted by atomic mass is 79.9. The van der Waals surface area contributed by atoms with Crippen LogP contribution in [0.15, 0.2) is 76.1 Å². The molecule has 1 N–H and O–H groups in total. The lowest BCUT2D eigenvalue weighted by Crippen LogP contribution is -2.38. The number of nitrogens with zero attached hydrogens (tertiary/aromatic N) is 2. The second-order valence-corrected chi connectivity index (χ2v) is 11.3. The Balaban J connectivity index is 1.21. The number of nitrogens with one attached hydrogen (secondary N) is 1. The van der Waals surface area contributed by atoms with Crippen LogP contribution in [0, 0.1) is 0 Å². The molecule has 3 aromatic rings. The molecule has 0 bridgehead atoms. The molecule has 40 heavy (non-hydrogen) atoms. The molecule has 5 rings (SSSR count). The third-order valence-corrected chi connectivity index (χ3v) is 8.05. The van der Waals surface area contributed by atoms with Crippen molar-refractivity contribution in [2.45, 2.75) is 6.61 Å². The number of halogens is 2. The Labute approximate surface area is 249 Å². The summed E-state index contributed by atoms with van der Waals surface area (Å²) in [5, 5.41) is 3.03. The first-order valence-electron chi connectivity index (χ1n) is 12.5. The van der Waals surface area contributed by atoms with E-state index in [0.29, 0.717) is 59.4 Å². The second kappa shape index (κ2) is 12.9. The molecule has 0 radical (unpaired) electrons. The van der Waals surface area contributed by atoms with Gasteiger partial charge in [0, 0.05) is 18.1 Å². The number of carbonyl (C=O) groups is 3. The molecule has 2 fully saturated rings. The molecule has 0 aromatic heterocycles. The van der Waals surface area contributed by atoms with Crippen molar-refractivity contribution in [2.75, 3.05) is 43.1 Å². The predicted octanol–water partition coefficient (Wildman–Crippen LogP) is 6.19.